The van der Waals surface area contributed by atoms with Gasteiger partial charge in [0.25, 0.3) is 5.91 Å². The van der Waals surface area contributed by atoms with E-state index in [1.807, 2.05) is 33.8 Å². The highest BCUT2D eigenvalue weighted by Gasteiger charge is 2.32. The van der Waals surface area contributed by atoms with Crippen molar-refractivity contribution >= 4 is 32.6 Å². The van der Waals surface area contributed by atoms with E-state index in [0.29, 0.717) is 16.7 Å². The minimum absolute atomic E-state index is 0.118. The van der Waals surface area contributed by atoms with E-state index in [1.54, 1.807) is 6.07 Å². The molecule has 0 aliphatic carbocycles. The molecule has 1 aliphatic heterocycles. The standard InChI is InChI=1S/C24H26N2O6S/c1-14-9-15(2)23-20(10-14)21(27)11-22(32-23)24(28)25-18-5-7-19(8-6-18)33(29,30)26-12-16(3)31-17(4)13-26/h5-11,16-17H,12-13H2,1-4H3,(H,25,28)/t16-,17+. The van der Waals surface area contributed by atoms with Crippen LogP contribution in [0, 0.1) is 13.8 Å². The van der Waals surface area contributed by atoms with Gasteiger partial charge in [0.05, 0.1) is 22.5 Å². The molecule has 4 rings (SSSR count). The molecule has 174 valence electrons. The van der Waals surface area contributed by atoms with Gasteiger partial charge in [-0.25, -0.2) is 8.42 Å². The first-order chi connectivity index (χ1) is 15.5. The van der Waals surface area contributed by atoms with Crippen LogP contribution in [0.3, 0.4) is 0 Å². The molecule has 3 aromatic rings. The lowest BCUT2D eigenvalue weighted by molar-refractivity contribution is -0.0440. The van der Waals surface area contributed by atoms with Gasteiger partial charge in [-0.1, -0.05) is 6.07 Å². The van der Waals surface area contributed by atoms with Crippen molar-refractivity contribution in [2.75, 3.05) is 18.4 Å². The summed E-state index contributed by atoms with van der Waals surface area (Å²) in [7, 11) is -3.68. The van der Waals surface area contributed by atoms with Gasteiger partial charge in [-0.15, -0.1) is 0 Å². The lowest BCUT2D eigenvalue weighted by atomic mass is 10.1. The van der Waals surface area contributed by atoms with Crippen LogP contribution in [-0.4, -0.2) is 43.9 Å². The molecule has 0 saturated carbocycles. The summed E-state index contributed by atoms with van der Waals surface area (Å²) in [5.41, 5.74) is 2.14. The van der Waals surface area contributed by atoms with Crippen LogP contribution in [-0.2, 0) is 14.8 Å². The summed E-state index contributed by atoms with van der Waals surface area (Å²) in [5.74, 6) is -0.715. The Balaban J connectivity index is 1.55. The summed E-state index contributed by atoms with van der Waals surface area (Å²) >= 11 is 0. The molecule has 0 unspecified atom stereocenters. The molecule has 1 fully saturated rings. The SMILES string of the molecule is Cc1cc(C)c2oc(C(=O)Nc3ccc(S(=O)(=O)N4C[C@@H](C)O[C@@H](C)C4)cc3)cc(=O)c2c1. The molecule has 9 heteroatoms. The number of amides is 1. The second kappa shape index (κ2) is 8.74. The third kappa shape index (κ3) is 4.71. The van der Waals surface area contributed by atoms with E-state index in [2.05, 4.69) is 5.32 Å². The Bertz CT molecular complexity index is 1370. The van der Waals surface area contributed by atoms with E-state index in [9.17, 15) is 18.0 Å². The number of fused-ring (bicyclic) bond motifs is 1. The smallest absolute Gasteiger partial charge is 0.291 e. The zero-order chi connectivity index (χ0) is 23.9. The molecule has 1 aromatic heterocycles. The van der Waals surface area contributed by atoms with Crippen LogP contribution in [0.4, 0.5) is 5.69 Å². The van der Waals surface area contributed by atoms with Crippen molar-refractivity contribution in [3.8, 4) is 0 Å². The fourth-order valence-electron chi connectivity index (χ4n) is 4.10. The fraction of sp³-hybridized carbons (Fsp3) is 0.333. The average molecular weight is 471 g/mol. The van der Waals surface area contributed by atoms with Gasteiger partial charge in [0.15, 0.2) is 11.2 Å². The zero-order valence-electron chi connectivity index (χ0n) is 18.9. The van der Waals surface area contributed by atoms with E-state index in [1.165, 1.54) is 28.6 Å². The topological polar surface area (TPSA) is 106 Å². The van der Waals surface area contributed by atoms with E-state index in [4.69, 9.17) is 9.15 Å². The number of benzene rings is 2. The Kier molecular flexibility index (Phi) is 6.13. The van der Waals surface area contributed by atoms with Crippen molar-refractivity contribution in [2.45, 2.75) is 44.8 Å². The average Bonchev–Trinajstić information content (AvgIpc) is 2.74. The van der Waals surface area contributed by atoms with Crippen LogP contribution in [0.1, 0.15) is 35.5 Å². The molecule has 2 heterocycles. The number of sulfonamides is 1. The summed E-state index contributed by atoms with van der Waals surface area (Å²) in [6.07, 6.45) is -0.377. The number of nitrogens with zero attached hydrogens (tertiary/aromatic N) is 1. The molecule has 33 heavy (non-hydrogen) atoms. The number of rotatable bonds is 4. The zero-order valence-corrected chi connectivity index (χ0v) is 19.7. The Morgan fingerprint density at radius 2 is 1.67 bits per heavy atom. The lowest BCUT2D eigenvalue weighted by Crippen LogP contribution is -2.48. The third-order valence-corrected chi connectivity index (χ3v) is 7.36. The predicted octanol–water partition coefficient (Wildman–Crippen LogP) is 3.46. The van der Waals surface area contributed by atoms with E-state index >= 15 is 0 Å². The minimum atomic E-state index is -3.68. The van der Waals surface area contributed by atoms with Gasteiger partial charge >= 0.3 is 0 Å². The molecule has 0 spiro atoms. The van der Waals surface area contributed by atoms with Crippen LogP contribution in [0.25, 0.3) is 11.0 Å². The second-order valence-electron chi connectivity index (χ2n) is 8.49. The number of ether oxygens (including phenoxy) is 1. The molecule has 0 radical (unpaired) electrons. The van der Waals surface area contributed by atoms with Gasteiger partial charge in [0, 0.05) is 24.8 Å². The van der Waals surface area contributed by atoms with Crippen LogP contribution < -0.4 is 10.7 Å². The monoisotopic (exact) mass is 470 g/mol. The molecule has 1 aliphatic rings. The summed E-state index contributed by atoms with van der Waals surface area (Å²) in [4.78, 5) is 25.3. The van der Waals surface area contributed by atoms with Crippen LogP contribution in [0.5, 0.6) is 0 Å². The molecule has 2 aromatic carbocycles. The highest BCUT2D eigenvalue weighted by atomic mass is 32.2. The first kappa shape index (κ1) is 23.2. The van der Waals surface area contributed by atoms with Gasteiger partial charge in [-0.2, -0.15) is 4.31 Å². The molecular weight excluding hydrogens is 444 g/mol. The third-order valence-electron chi connectivity index (χ3n) is 5.52. The van der Waals surface area contributed by atoms with E-state index < -0.39 is 15.9 Å². The van der Waals surface area contributed by atoms with Gasteiger partial charge < -0.3 is 14.5 Å². The number of carbonyl (C=O) groups excluding carboxylic acids is 1. The lowest BCUT2D eigenvalue weighted by Gasteiger charge is -2.34. The van der Waals surface area contributed by atoms with Crippen molar-refractivity contribution in [1.29, 1.82) is 0 Å². The van der Waals surface area contributed by atoms with Crippen molar-refractivity contribution in [3.63, 3.8) is 0 Å². The second-order valence-corrected chi connectivity index (χ2v) is 10.4. The fourth-order valence-corrected chi connectivity index (χ4v) is 5.69. The molecule has 1 N–H and O–H groups in total. The van der Waals surface area contributed by atoms with Crippen LogP contribution in [0.15, 0.2) is 56.6 Å². The molecule has 1 saturated heterocycles. The number of aryl methyl sites for hydroxylation is 2. The molecule has 0 bridgehead atoms. The van der Waals surface area contributed by atoms with Gasteiger partial charge in [0.2, 0.25) is 10.0 Å². The Labute approximate surface area is 192 Å². The minimum Gasteiger partial charge on any atom is -0.450 e. The Hall–Kier alpha value is -3.01. The highest BCUT2D eigenvalue weighted by Crippen LogP contribution is 2.23. The van der Waals surface area contributed by atoms with E-state index in [-0.39, 0.29) is 41.4 Å². The largest absolute Gasteiger partial charge is 0.450 e. The number of hydrogen-bond acceptors (Lipinski definition) is 6. The van der Waals surface area contributed by atoms with Gasteiger partial charge in [-0.05, 0) is 69.2 Å². The number of carbonyl (C=O) groups is 1. The number of morpholine rings is 1. The Morgan fingerprint density at radius 1 is 1.03 bits per heavy atom. The quantitative estimate of drug-likeness (QED) is 0.626. The molecule has 1 amide bonds. The van der Waals surface area contributed by atoms with Crippen LogP contribution >= 0.6 is 0 Å². The maximum atomic E-state index is 13.0. The number of nitrogens with one attached hydrogen (secondary N) is 1. The summed E-state index contributed by atoms with van der Waals surface area (Å²) in [6, 6.07) is 10.7. The number of anilines is 1. The van der Waals surface area contributed by atoms with E-state index in [0.717, 1.165) is 17.2 Å². The predicted molar refractivity (Wildman–Crippen MR) is 125 cm³/mol. The van der Waals surface area contributed by atoms with Crippen molar-refractivity contribution < 1.29 is 22.4 Å². The van der Waals surface area contributed by atoms with Crippen molar-refractivity contribution in [2.24, 2.45) is 0 Å². The molecule has 8 nitrogen and oxygen atoms in total. The van der Waals surface area contributed by atoms with Crippen LogP contribution in [0.2, 0.25) is 0 Å². The van der Waals surface area contributed by atoms with Crippen molar-refractivity contribution in [3.05, 3.63) is 69.6 Å². The van der Waals surface area contributed by atoms with Crippen molar-refractivity contribution in [1.82, 2.24) is 4.31 Å². The first-order valence-electron chi connectivity index (χ1n) is 10.7. The summed E-state index contributed by atoms with van der Waals surface area (Å²) < 4.78 is 38.7. The maximum Gasteiger partial charge on any atom is 0.291 e. The number of hydrogen-bond donors (Lipinski definition) is 1. The normalized spacial score (nSPS) is 19.5. The maximum absolute atomic E-state index is 13.0. The molecular formula is C24H26N2O6S. The summed E-state index contributed by atoms with van der Waals surface area (Å²) in [6.45, 7) is 7.94. The van der Waals surface area contributed by atoms with Gasteiger partial charge in [-0.3, -0.25) is 9.59 Å². The first-order valence-corrected chi connectivity index (χ1v) is 12.1. The highest BCUT2D eigenvalue weighted by molar-refractivity contribution is 7.89. The summed E-state index contributed by atoms with van der Waals surface area (Å²) in [5, 5.41) is 3.07. The molecule has 2 atom stereocenters. The Morgan fingerprint density at radius 3 is 2.30 bits per heavy atom. The van der Waals surface area contributed by atoms with Gasteiger partial charge in [0.1, 0.15) is 5.58 Å².